The number of halogens is 2. The maximum Gasteiger partial charge on any atom is 0.271 e. The van der Waals surface area contributed by atoms with E-state index in [0.717, 1.165) is 6.92 Å². The molecule has 0 aliphatic heterocycles. The predicted molar refractivity (Wildman–Crippen MR) is 61.4 cm³/mol. The molecule has 0 radical (unpaired) electrons. The Morgan fingerprint density at radius 2 is 2.12 bits per heavy atom. The Balaban J connectivity index is 3.30. The van der Waals surface area contributed by atoms with Crippen LogP contribution in [0.5, 0.6) is 5.75 Å². The van der Waals surface area contributed by atoms with Gasteiger partial charge < -0.3 is 15.2 Å². The Kier molecular flexibility index (Phi) is 4.42. The molecule has 0 aliphatic carbocycles. The maximum atomic E-state index is 13.4. The molecule has 96 valence electrons. The highest BCUT2D eigenvalue weighted by molar-refractivity contribution is 5.44. The van der Waals surface area contributed by atoms with Gasteiger partial charge in [-0.05, 0) is 13.1 Å². The predicted octanol–water partition coefficient (Wildman–Crippen LogP) is 2.06. The Morgan fingerprint density at radius 3 is 2.59 bits per heavy atom. The molecule has 1 aromatic carbocycles. The summed E-state index contributed by atoms with van der Waals surface area (Å²) >= 11 is 0. The molecule has 0 heterocycles. The van der Waals surface area contributed by atoms with Gasteiger partial charge >= 0.3 is 0 Å². The summed E-state index contributed by atoms with van der Waals surface area (Å²) in [5.74, 6) is -2.75. The lowest BCUT2D eigenvalue weighted by Crippen LogP contribution is -2.21. The third-order valence-corrected chi connectivity index (χ3v) is 2.49. The molecule has 0 saturated heterocycles. The highest BCUT2D eigenvalue weighted by atomic mass is 19.3. The first kappa shape index (κ1) is 13.9. The number of rotatable bonds is 5. The number of hydrogen-bond donors (Lipinski definition) is 2. The summed E-state index contributed by atoms with van der Waals surface area (Å²) < 4.78 is 31.9. The van der Waals surface area contributed by atoms with Gasteiger partial charge in [-0.25, -0.2) is 8.78 Å². The first-order valence-electron chi connectivity index (χ1n) is 5.29. The van der Waals surface area contributed by atoms with Crippen LogP contribution in [0, 0.1) is 0 Å². The average Bonchev–Trinajstić information content (AvgIpc) is 2.27. The Labute approximate surface area is 99.4 Å². The SMILES string of the molecule is CNCC(O)c1c(OC)cccc1C(C)(F)F. The number of methoxy groups -OCH3 is 1. The van der Waals surface area contributed by atoms with E-state index in [1.165, 1.54) is 19.2 Å². The minimum Gasteiger partial charge on any atom is -0.496 e. The first-order chi connectivity index (χ1) is 7.91. The lowest BCUT2D eigenvalue weighted by atomic mass is 9.97. The van der Waals surface area contributed by atoms with Crippen molar-refractivity contribution in [1.29, 1.82) is 0 Å². The standard InChI is InChI=1S/C12H17F2NO2/c1-12(13,14)8-5-4-6-10(17-3)11(8)9(16)7-15-2/h4-6,9,15-16H,7H2,1-3H3. The summed E-state index contributed by atoms with van der Waals surface area (Å²) in [6.45, 7) is 0.987. The molecular formula is C12H17F2NO2. The lowest BCUT2D eigenvalue weighted by molar-refractivity contribution is 0.0133. The van der Waals surface area contributed by atoms with Crippen molar-refractivity contribution in [3.63, 3.8) is 0 Å². The summed E-state index contributed by atoms with van der Waals surface area (Å²) in [6.07, 6.45) is -1.03. The van der Waals surface area contributed by atoms with Crippen LogP contribution >= 0.6 is 0 Å². The molecule has 0 saturated carbocycles. The average molecular weight is 245 g/mol. The van der Waals surface area contributed by atoms with Crippen molar-refractivity contribution in [1.82, 2.24) is 5.32 Å². The van der Waals surface area contributed by atoms with Crippen LogP contribution in [0.15, 0.2) is 18.2 Å². The molecule has 0 fully saturated rings. The maximum absolute atomic E-state index is 13.4. The van der Waals surface area contributed by atoms with E-state index in [-0.39, 0.29) is 23.4 Å². The number of likely N-dealkylation sites (N-methyl/N-ethyl adjacent to an activating group) is 1. The largest absolute Gasteiger partial charge is 0.496 e. The molecule has 0 aromatic heterocycles. The van der Waals surface area contributed by atoms with Gasteiger partial charge in [0.1, 0.15) is 5.75 Å². The van der Waals surface area contributed by atoms with Crippen LogP contribution in [0.3, 0.4) is 0 Å². The smallest absolute Gasteiger partial charge is 0.271 e. The zero-order valence-electron chi connectivity index (χ0n) is 10.1. The summed E-state index contributed by atoms with van der Waals surface area (Å²) in [7, 11) is 3.03. The molecule has 1 unspecified atom stereocenters. The van der Waals surface area contributed by atoms with E-state index in [1.807, 2.05) is 0 Å². The van der Waals surface area contributed by atoms with Crippen molar-refractivity contribution in [2.45, 2.75) is 19.0 Å². The number of benzene rings is 1. The van der Waals surface area contributed by atoms with E-state index < -0.39 is 12.0 Å². The molecule has 0 spiro atoms. The fourth-order valence-corrected chi connectivity index (χ4v) is 1.74. The van der Waals surface area contributed by atoms with Crippen molar-refractivity contribution >= 4 is 0 Å². The van der Waals surface area contributed by atoms with Gasteiger partial charge in [0, 0.05) is 24.6 Å². The highest BCUT2D eigenvalue weighted by Gasteiger charge is 2.31. The summed E-state index contributed by atoms with van der Waals surface area (Å²) in [5, 5.41) is 12.6. The molecular weight excluding hydrogens is 228 g/mol. The number of alkyl halides is 2. The fourth-order valence-electron chi connectivity index (χ4n) is 1.74. The summed E-state index contributed by atoms with van der Waals surface area (Å²) in [5.41, 5.74) is -0.0727. The van der Waals surface area contributed by atoms with E-state index in [1.54, 1.807) is 13.1 Å². The van der Waals surface area contributed by atoms with Crippen molar-refractivity contribution in [2.75, 3.05) is 20.7 Å². The van der Waals surface area contributed by atoms with Crippen LogP contribution in [0.25, 0.3) is 0 Å². The monoisotopic (exact) mass is 245 g/mol. The molecule has 1 rings (SSSR count). The van der Waals surface area contributed by atoms with Gasteiger partial charge in [0.25, 0.3) is 5.92 Å². The van der Waals surface area contributed by atoms with Gasteiger partial charge in [-0.1, -0.05) is 12.1 Å². The topological polar surface area (TPSA) is 41.5 Å². The van der Waals surface area contributed by atoms with E-state index in [2.05, 4.69) is 5.32 Å². The first-order valence-corrected chi connectivity index (χ1v) is 5.29. The number of aliphatic hydroxyl groups excluding tert-OH is 1. The fraction of sp³-hybridized carbons (Fsp3) is 0.500. The number of aliphatic hydroxyl groups is 1. The van der Waals surface area contributed by atoms with Gasteiger partial charge in [-0.3, -0.25) is 0 Å². The van der Waals surface area contributed by atoms with Crippen LogP contribution in [-0.2, 0) is 5.92 Å². The van der Waals surface area contributed by atoms with Crippen molar-refractivity contribution in [2.24, 2.45) is 0 Å². The van der Waals surface area contributed by atoms with Gasteiger partial charge in [0.05, 0.1) is 13.2 Å². The number of nitrogens with one attached hydrogen (secondary N) is 1. The minimum atomic E-state index is -3.02. The van der Waals surface area contributed by atoms with Gasteiger partial charge in [-0.2, -0.15) is 0 Å². The van der Waals surface area contributed by atoms with Crippen molar-refractivity contribution < 1.29 is 18.6 Å². The second kappa shape index (κ2) is 5.42. The molecule has 5 heteroatoms. The molecule has 2 N–H and O–H groups in total. The normalized spacial score (nSPS) is 13.5. The second-order valence-electron chi connectivity index (χ2n) is 3.88. The second-order valence-corrected chi connectivity index (χ2v) is 3.88. The molecule has 0 amide bonds. The quantitative estimate of drug-likeness (QED) is 0.834. The van der Waals surface area contributed by atoms with Crippen LogP contribution in [0.1, 0.15) is 24.2 Å². The third-order valence-electron chi connectivity index (χ3n) is 2.49. The van der Waals surface area contributed by atoms with Crippen molar-refractivity contribution in [3.05, 3.63) is 29.3 Å². The zero-order valence-corrected chi connectivity index (χ0v) is 10.1. The van der Waals surface area contributed by atoms with Gasteiger partial charge in [-0.15, -0.1) is 0 Å². The molecule has 1 aromatic rings. The van der Waals surface area contributed by atoms with Crippen molar-refractivity contribution in [3.8, 4) is 5.75 Å². The van der Waals surface area contributed by atoms with E-state index in [0.29, 0.717) is 0 Å². The Morgan fingerprint density at radius 1 is 1.47 bits per heavy atom. The summed E-state index contributed by atoms with van der Waals surface area (Å²) in [4.78, 5) is 0. The Hall–Kier alpha value is -1.20. The van der Waals surface area contributed by atoms with Crippen LogP contribution in [0.4, 0.5) is 8.78 Å². The van der Waals surface area contributed by atoms with Gasteiger partial charge in [0.2, 0.25) is 0 Å². The zero-order chi connectivity index (χ0) is 13.1. The number of hydrogen-bond acceptors (Lipinski definition) is 3. The van der Waals surface area contributed by atoms with Crippen LogP contribution < -0.4 is 10.1 Å². The third kappa shape index (κ3) is 3.14. The molecule has 17 heavy (non-hydrogen) atoms. The van der Waals surface area contributed by atoms with Crippen LogP contribution in [0.2, 0.25) is 0 Å². The lowest BCUT2D eigenvalue weighted by Gasteiger charge is -2.22. The molecule has 0 bridgehead atoms. The Bertz CT molecular complexity index is 377. The van der Waals surface area contributed by atoms with E-state index in [9.17, 15) is 13.9 Å². The van der Waals surface area contributed by atoms with E-state index >= 15 is 0 Å². The minimum absolute atomic E-state index is 0.136. The number of ether oxygens (including phenoxy) is 1. The van der Waals surface area contributed by atoms with E-state index in [4.69, 9.17) is 4.74 Å². The molecule has 3 nitrogen and oxygen atoms in total. The summed E-state index contributed by atoms with van der Waals surface area (Å²) in [6, 6.07) is 4.35. The molecule has 1 atom stereocenters. The highest BCUT2D eigenvalue weighted by Crippen LogP contribution is 2.37. The van der Waals surface area contributed by atoms with Crippen LogP contribution in [-0.4, -0.2) is 25.8 Å². The molecule has 0 aliphatic rings. The van der Waals surface area contributed by atoms with Gasteiger partial charge in [0.15, 0.2) is 0 Å².